The van der Waals surface area contributed by atoms with Gasteiger partial charge < -0.3 is 19.5 Å². The number of esters is 1. The SMILES string of the molecule is COc1cccc(C=CC(=O)OCC(=O)Nc2ccc(OC)c(Cl)c2)c1. The maximum Gasteiger partial charge on any atom is 0.331 e. The van der Waals surface area contributed by atoms with Crippen molar-refractivity contribution in [3.05, 3.63) is 59.1 Å². The second kappa shape index (κ2) is 9.48. The van der Waals surface area contributed by atoms with Crippen LogP contribution in [-0.4, -0.2) is 32.7 Å². The lowest BCUT2D eigenvalue weighted by Gasteiger charge is -2.08. The zero-order valence-electron chi connectivity index (χ0n) is 14.3. The van der Waals surface area contributed by atoms with E-state index >= 15 is 0 Å². The summed E-state index contributed by atoms with van der Waals surface area (Å²) in [5.41, 5.74) is 1.25. The Bertz CT molecular complexity index is 819. The molecule has 136 valence electrons. The standard InChI is InChI=1S/C19H18ClNO5/c1-24-15-5-3-4-13(10-15)6-9-19(23)26-12-18(22)21-14-7-8-17(25-2)16(20)11-14/h3-11H,12H2,1-2H3,(H,21,22). The van der Waals surface area contributed by atoms with Gasteiger partial charge in [-0.1, -0.05) is 23.7 Å². The Morgan fingerprint density at radius 3 is 2.62 bits per heavy atom. The number of halogens is 1. The summed E-state index contributed by atoms with van der Waals surface area (Å²) in [4.78, 5) is 23.5. The van der Waals surface area contributed by atoms with Crippen LogP contribution in [0.25, 0.3) is 6.08 Å². The third kappa shape index (κ3) is 5.82. The molecule has 0 aliphatic heterocycles. The van der Waals surface area contributed by atoms with Crippen LogP contribution in [0.1, 0.15) is 5.56 Å². The van der Waals surface area contributed by atoms with Crippen LogP contribution in [0, 0.1) is 0 Å². The van der Waals surface area contributed by atoms with Gasteiger partial charge in [0.05, 0.1) is 19.2 Å². The van der Waals surface area contributed by atoms with Crippen molar-refractivity contribution in [3.63, 3.8) is 0 Å². The minimum atomic E-state index is -0.629. The largest absolute Gasteiger partial charge is 0.497 e. The lowest BCUT2D eigenvalue weighted by molar-refractivity contribution is -0.142. The molecule has 1 N–H and O–H groups in total. The molecule has 0 bridgehead atoms. The number of amides is 1. The Morgan fingerprint density at radius 2 is 1.92 bits per heavy atom. The Kier molecular flexibility index (Phi) is 7.05. The highest BCUT2D eigenvalue weighted by Gasteiger charge is 2.08. The lowest BCUT2D eigenvalue weighted by atomic mass is 10.2. The molecule has 6 nitrogen and oxygen atoms in total. The van der Waals surface area contributed by atoms with E-state index < -0.39 is 18.5 Å². The highest BCUT2D eigenvalue weighted by atomic mass is 35.5. The summed E-state index contributed by atoms with van der Waals surface area (Å²) in [7, 11) is 3.06. The van der Waals surface area contributed by atoms with Gasteiger partial charge in [-0.05, 0) is 42.0 Å². The van der Waals surface area contributed by atoms with Crippen molar-refractivity contribution < 1.29 is 23.8 Å². The Morgan fingerprint density at radius 1 is 1.12 bits per heavy atom. The summed E-state index contributed by atoms with van der Waals surface area (Å²) < 4.78 is 15.0. The number of ether oxygens (including phenoxy) is 3. The molecule has 1 amide bonds. The first kappa shape index (κ1) is 19.3. The van der Waals surface area contributed by atoms with Crippen LogP contribution in [0.4, 0.5) is 5.69 Å². The first-order valence-electron chi connectivity index (χ1n) is 7.64. The van der Waals surface area contributed by atoms with Gasteiger partial charge in [-0.2, -0.15) is 0 Å². The van der Waals surface area contributed by atoms with Gasteiger partial charge in [-0.25, -0.2) is 4.79 Å². The second-order valence-electron chi connectivity index (χ2n) is 5.12. The van der Waals surface area contributed by atoms with Crippen LogP contribution in [-0.2, 0) is 14.3 Å². The molecule has 0 saturated carbocycles. The number of rotatable bonds is 7. The second-order valence-corrected chi connectivity index (χ2v) is 5.52. The number of hydrogen-bond donors (Lipinski definition) is 1. The van der Waals surface area contributed by atoms with E-state index in [1.807, 2.05) is 6.07 Å². The highest BCUT2D eigenvalue weighted by Crippen LogP contribution is 2.27. The van der Waals surface area contributed by atoms with Crippen LogP contribution in [0.5, 0.6) is 11.5 Å². The zero-order valence-corrected chi connectivity index (χ0v) is 15.1. The molecule has 0 fully saturated rings. The van der Waals surface area contributed by atoms with E-state index in [1.165, 1.54) is 13.2 Å². The minimum Gasteiger partial charge on any atom is -0.497 e. The zero-order chi connectivity index (χ0) is 18.9. The Balaban J connectivity index is 1.83. The van der Waals surface area contributed by atoms with E-state index in [2.05, 4.69) is 5.32 Å². The van der Waals surface area contributed by atoms with Gasteiger partial charge in [-0.3, -0.25) is 4.79 Å². The molecule has 0 unspecified atom stereocenters. The van der Waals surface area contributed by atoms with Crippen LogP contribution in [0.2, 0.25) is 5.02 Å². The summed E-state index contributed by atoms with van der Waals surface area (Å²) in [5, 5.41) is 2.95. The molecule has 0 atom stereocenters. The summed E-state index contributed by atoms with van der Waals surface area (Å²) in [6, 6.07) is 12.0. The number of nitrogens with one attached hydrogen (secondary N) is 1. The fourth-order valence-electron chi connectivity index (χ4n) is 2.04. The quantitative estimate of drug-likeness (QED) is 0.591. The number of benzene rings is 2. The number of methoxy groups -OCH3 is 2. The van der Waals surface area contributed by atoms with Crippen molar-refractivity contribution >= 4 is 35.2 Å². The van der Waals surface area contributed by atoms with Crippen molar-refractivity contribution in [2.45, 2.75) is 0 Å². The molecule has 2 rings (SSSR count). The number of anilines is 1. The fraction of sp³-hybridized carbons (Fsp3) is 0.158. The summed E-state index contributed by atoms with van der Waals surface area (Å²) in [6.07, 6.45) is 2.82. The topological polar surface area (TPSA) is 73.9 Å². The number of carbonyl (C=O) groups is 2. The van der Waals surface area contributed by atoms with Crippen LogP contribution in [0.3, 0.4) is 0 Å². The molecule has 0 aromatic heterocycles. The van der Waals surface area contributed by atoms with Crippen molar-refractivity contribution in [2.24, 2.45) is 0 Å². The van der Waals surface area contributed by atoms with E-state index in [1.54, 1.807) is 49.6 Å². The van der Waals surface area contributed by atoms with Gasteiger partial charge in [0.1, 0.15) is 11.5 Å². The Hall–Kier alpha value is -2.99. The van der Waals surface area contributed by atoms with E-state index in [9.17, 15) is 9.59 Å². The van der Waals surface area contributed by atoms with Crippen LogP contribution >= 0.6 is 11.6 Å². The Labute approximate surface area is 156 Å². The van der Waals surface area contributed by atoms with Gasteiger partial charge in [-0.15, -0.1) is 0 Å². The minimum absolute atomic E-state index is 0.364. The van der Waals surface area contributed by atoms with Crippen molar-refractivity contribution in [3.8, 4) is 11.5 Å². The van der Waals surface area contributed by atoms with Crippen molar-refractivity contribution in [1.82, 2.24) is 0 Å². The molecule has 0 heterocycles. The first-order valence-corrected chi connectivity index (χ1v) is 8.02. The lowest BCUT2D eigenvalue weighted by Crippen LogP contribution is -2.20. The van der Waals surface area contributed by atoms with Gasteiger partial charge >= 0.3 is 5.97 Å². The maximum absolute atomic E-state index is 11.8. The number of hydrogen-bond acceptors (Lipinski definition) is 5. The first-order chi connectivity index (χ1) is 12.5. The molecule has 0 saturated heterocycles. The summed E-state index contributed by atoms with van der Waals surface area (Å²) in [5.74, 6) is 0.0712. The van der Waals surface area contributed by atoms with Crippen molar-refractivity contribution in [2.75, 3.05) is 26.1 Å². The third-order valence-corrected chi connectivity index (χ3v) is 3.58. The van der Waals surface area contributed by atoms with Crippen molar-refractivity contribution in [1.29, 1.82) is 0 Å². The predicted octanol–water partition coefficient (Wildman–Crippen LogP) is 3.55. The molecule has 0 aliphatic rings. The molecule has 26 heavy (non-hydrogen) atoms. The van der Waals surface area contributed by atoms with Gasteiger partial charge in [0.2, 0.25) is 0 Å². The molecule has 7 heteroatoms. The van der Waals surface area contributed by atoms with Crippen LogP contribution in [0.15, 0.2) is 48.5 Å². The average Bonchev–Trinajstić information content (AvgIpc) is 2.65. The molecule has 2 aromatic rings. The molecule has 0 radical (unpaired) electrons. The summed E-state index contributed by atoms with van der Waals surface area (Å²) in [6.45, 7) is -0.412. The highest BCUT2D eigenvalue weighted by molar-refractivity contribution is 6.32. The molecule has 0 spiro atoms. The van der Waals surface area contributed by atoms with E-state index in [-0.39, 0.29) is 0 Å². The molecular weight excluding hydrogens is 358 g/mol. The van der Waals surface area contributed by atoms with Gasteiger partial charge in [0.15, 0.2) is 6.61 Å². The smallest absolute Gasteiger partial charge is 0.331 e. The fourth-order valence-corrected chi connectivity index (χ4v) is 2.29. The number of carbonyl (C=O) groups excluding carboxylic acids is 2. The molecule has 2 aromatic carbocycles. The molecule has 0 aliphatic carbocycles. The van der Waals surface area contributed by atoms with E-state index in [0.29, 0.717) is 22.2 Å². The molecular formula is C19H18ClNO5. The van der Waals surface area contributed by atoms with E-state index in [4.69, 9.17) is 25.8 Å². The monoisotopic (exact) mass is 375 g/mol. The van der Waals surface area contributed by atoms with Gasteiger partial charge in [0, 0.05) is 11.8 Å². The van der Waals surface area contributed by atoms with Gasteiger partial charge in [0.25, 0.3) is 5.91 Å². The maximum atomic E-state index is 11.8. The normalized spacial score (nSPS) is 10.4. The average molecular weight is 376 g/mol. The van der Waals surface area contributed by atoms with E-state index in [0.717, 1.165) is 5.56 Å². The third-order valence-electron chi connectivity index (χ3n) is 3.29. The van der Waals surface area contributed by atoms with Crippen LogP contribution < -0.4 is 14.8 Å². The predicted molar refractivity (Wildman–Crippen MR) is 99.6 cm³/mol. The summed E-state index contributed by atoms with van der Waals surface area (Å²) >= 11 is 5.98.